The zero-order valence-electron chi connectivity index (χ0n) is 39.0. The van der Waals surface area contributed by atoms with Gasteiger partial charge in [0.2, 0.25) is 0 Å². The minimum atomic E-state index is -3.57. The molecule has 6 aromatic heterocycles. The monoisotopic (exact) mass is 960 g/mol. The van der Waals surface area contributed by atoms with Gasteiger partial charge in [0.15, 0.2) is 31.0 Å². The van der Waals surface area contributed by atoms with E-state index in [1.165, 1.54) is 55.6 Å². The van der Waals surface area contributed by atoms with Crippen molar-refractivity contribution >= 4 is 42.6 Å². The van der Waals surface area contributed by atoms with Crippen LogP contribution in [0, 0.1) is 23.7 Å². The van der Waals surface area contributed by atoms with E-state index in [0.717, 1.165) is 70.5 Å². The number of nitrogens with zero attached hydrogens (tertiary/aromatic N) is 8. The summed E-state index contributed by atoms with van der Waals surface area (Å²) in [7, 11) is -5.35. The minimum Gasteiger partial charge on any atom is -0.382 e. The van der Waals surface area contributed by atoms with Crippen molar-refractivity contribution in [2.75, 3.05) is 30.6 Å². The maximum absolute atomic E-state index is 13.0. The highest BCUT2D eigenvalue weighted by Gasteiger charge is 2.40. The molecule has 354 valence electrons. The van der Waals surface area contributed by atoms with E-state index in [1.807, 2.05) is 97.3 Å². The fraction of sp³-hybridized carbons (Fsp3) is 0.358. The maximum atomic E-state index is 13.0. The minimum absolute atomic E-state index is 0.101. The number of anilines is 2. The number of nitrogens with two attached hydrogens (primary N) is 1. The second kappa shape index (κ2) is 17.8. The van der Waals surface area contributed by atoms with Gasteiger partial charge in [0.25, 0.3) is 0 Å². The average molecular weight is 961 g/mol. The number of rotatable bonds is 9. The number of nitrogen functional groups attached to an aromatic ring is 1. The van der Waals surface area contributed by atoms with Crippen LogP contribution >= 0.6 is 0 Å². The van der Waals surface area contributed by atoms with Crippen LogP contribution in [0.1, 0.15) is 87.4 Å². The Morgan fingerprint density at radius 1 is 0.522 bits per heavy atom. The van der Waals surface area contributed by atoms with Gasteiger partial charge in [-0.25, -0.2) is 26.8 Å². The van der Waals surface area contributed by atoms with Gasteiger partial charge in [0, 0.05) is 77.2 Å². The molecule has 4 saturated carbocycles. The first kappa shape index (κ1) is 45.0. The molecule has 4 aliphatic rings. The number of aromatic nitrogens is 8. The van der Waals surface area contributed by atoms with Gasteiger partial charge in [-0.3, -0.25) is 9.97 Å². The van der Waals surface area contributed by atoms with Crippen LogP contribution in [0.25, 0.3) is 56.1 Å². The SMILES string of the molecule is CNc1c(S(C)(=O)=O)c(C2C[C@H]3CC[C@@H](C2)C3)nc2c(-c3ccc(-c4ccccc4)nc3)cnn12.CS(=O)(=O)c1c(C2C[C@H]3CC[C@@H](C2)C3)nc2c(-c3ccc(-c4ccccc4)nc3)cnn2c1N. The second-order valence-corrected chi connectivity index (χ2v) is 23.7. The van der Waals surface area contributed by atoms with Gasteiger partial charge in [0.05, 0.1) is 35.2 Å². The fourth-order valence-electron chi connectivity index (χ4n) is 12.1. The molecule has 0 radical (unpaired) electrons. The first-order valence-electron chi connectivity index (χ1n) is 24.0. The molecule has 4 fully saturated rings. The van der Waals surface area contributed by atoms with Crippen LogP contribution in [-0.4, -0.2) is 75.6 Å². The van der Waals surface area contributed by atoms with Crippen LogP contribution in [0.5, 0.6) is 0 Å². The average Bonchev–Trinajstić information content (AvgIpc) is 4.15. The van der Waals surface area contributed by atoms with E-state index in [1.54, 1.807) is 24.0 Å². The van der Waals surface area contributed by atoms with Crippen LogP contribution in [0.3, 0.4) is 0 Å². The lowest BCUT2D eigenvalue weighted by molar-refractivity contribution is 0.313. The summed E-state index contributed by atoms with van der Waals surface area (Å²) < 4.78 is 54.7. The zero-order valence-corrected chi connectivity index (χ0v) is 40.7. The third kappa shape index (κ3) is 8.55. The Morgan fingerprint density at radius 3 is 1.35 bits per heavy atom. The fourth-order valence-corrected chi connectivity index (χ4v) is 14.3. The Kier molecular flexibility index (Phi) is 11.6. The summed E-state index contributed by atoms with van der Waals surface area (Å²) in [5.74, 6) is 3.49. The van der Waals surface area contributed by atoms with Gasteiger partial charge in [-0.05, 0) is 74.3 Å². The predicted molar refractivity (Wildman–Crippen MR) is 269 cm³/mol. The Balaban J connectivity index is 0.000000151. The standard InChI is InChI=1S/C27H29N5O2S.C26H27N5O2S/c1-28-27-25(35(2,33)34)24(21-13-17-8-9-18(12-17)14-21)31-26-22(16-30-32(26)27)20-10-11-23(29-15-20)19-6-4-3-5-7-19;1-34(32,33)24-23(20-12-16-7-8-17(11-16)13-20)30-26-21(15-29-31(26)25(24)27)19-9-10-22(28-14-19)18-5-3-2-4-6-18/h3-7,10-11,15-18,21,28H,8-9,12-14H2,1-2H3;2-6,9-10,14-17,20H,7-8,11-13,27H2,1H3/t17-,18+,21?;16-,17+,20?. The molecule has 4 aliphatic carbocycles. The van der Waals surface area contributed by atoms with E-state index in [-0.39, 0.29) is 27.4 Å². The van der Waals surface area contributed by atoms with Gasteiger partial charge < -0.3 is 11.1 Å². The summed E-state index contributed by atoms with van der Waals surface area (Å²) in [5.41, 5.74) is 16.3. The molecule has 0 spiro atoms. The number of hydrogen-bond donors (Lipinski definition) is 2. The van der Waals surface area contributed by atoms with Gasteiger partial charge in [-0.1, -0.05) is 98.5 Å². The Labute approximate surface area is 402 Å². The Hall–Kier alpha value is -6.52. The van der Waals surface area contributed by atoms with E-state index < -0.39 is 19.7 Å². The number of pyridine rings is 2. The molecular weight excluding hydrogens is 905 g/mol. The van der Waals surface area contributed by atoms with Crippen LogP contribution in [0.15, 0.2) is 120 Å². The first-order chi connectivity index (χ1) is 33.3. The quantitative estimate of drug-likeness (QED) is 0.139. The van der Waals surface area contributed by atoms with Crippen molar-refractivity contribution in [3.63, 3.8) is 0 Å². The van der Waals surface area contributed by atoms with Crippen LogP contribution in [0.4, 0.5) is 11.6 Å². The molecule has 16 heteroatoms. The number of fused-ring (bicyclic) bond motifs is 6. The van der Waals surface area contributed by atoms with E-state index in [2.05, 4.69) is 25.5 Å². The lowest BCUT2D eigenvalue weighted by Crippen LogP contribution is -2.21. The van der Waals surface area contributed by atoms with Gasteiger partial charge >= 0.3 is 0 Å². The van der Waals surface area contributed by atoms with Crippen LogP contribution < -0.4 is 11.1 Å². The van der Waals surface area contributed by atoms with Crippen molar-refractivity contribution < 1.29 is 16.8 Å². The van der Waals surface area contributed by atoms with Crippen LogP contribution in [0.2, 0.25) is 0 Å². The molecule has 6 heterocycles. The van der Waals surface area contributed by atoms with E-state index in [9.17, 15) is 16.8 Å². The number of benzene rings is 2. The summed E-state index contributed by atoms with van der Waals surface area (Å²) in [4.78, 5) is 19.7. The molecule has 69 heavy (non-hydrogen) atoms. The summed E-state index contributed by atoms with van der Waals surface area (Å²) in [6, 6.07) is 28.1. The molecule has 14 nitrogen and oxygen atoms in total. The molecule has 8 aromatic rings. The molecule has 0 saturated heterocycles. The Bertz CT molecular complexity index is 3410. The van der Waals surface area contributed by atoms with Crippen molar-refractivity contribution in [2.24, 2.45) is 23.7 Å². The largest absolute Gasteiger partial charge is 0.382 e. The van der Waals surface area contributed by atoms with Crippen molar-refractivity contribution in [1.82, 2.24) is 39.2 Å². The highest BCUT2D eigenvalue weighted by atomic mass is 32.2. The molecule has 0 aliphatic heterocycles. The van der Waals surface area contributed by atoms with E-state index in [4.69, 9.17) is 15.7 Å². The summed E-state index contributed by atoms with van der Waals surface area (Å²) in [6.07, 6.45) is 21.0. The number of hydrogen-bond acceptors (Lipinski definition) is 12. The van der Waals surface area contributed by atoms with Gasteiger partial charge in [-0.2, -0.15) is 19.2 Å². The third-order valence-electron chi connectivity index (χ3n) is 15.1. The van der Waals surface area contributed by atoms with Gasteiger partial charge in [-0.15, -0.1) is 0 Å². The van der Waals surface area contributed by atoms with Crippen molar-refractivity contribution in [3.05, 3.63) is 121 Å². The third-order valence-corrected chi connectivity index (χ3v) is 17.4. The molecule has 3 N–H and O–H groups in total. The summed E-state index contributed by atoms with van der Waals surface area (Å²) in [5, 5.41) is 12.1. The number of nitrogens with one attached hydrogen (secondary N) is 1. The molecule has 12 rings (SSSR count). The predicted octanol–water partition coefficient (Wildman–Crippen LogP) is 9.93. The van der Waals surface area contributed by atoms with Crippen molar-refractivity contribution in [3.8, 4) is 44.8 Å². The van der Waals surface area contributed by atoms with Crippen molar-refractivity contribution in [2.45, 2.75) is 85.8 Å². The molecule has 2 unspecified atom stereocenters. The topological polar surface area (TPSA) is 192 Å². The normalized spacial score (nSPS) is 22.1. The summed E-state index contributed by atoms with van der Waals surface area (Å²) >= 11 is 0. The second-order valence-electron chi connectivity index (χ2n) is 19.8. The van der Waals surface area contributed by atoms with Gasteiger partial charge in [0.1, 0.15) is 21.4 Å². The lowest BCUT2D eigenvalue weighted by Gasteiger charge is -2.29. The molecule has 4 bridgehead atoms. The number of sulfone groups is 2. The molecule has 6 atom stereocenters. The lowest BCUT2D eigenvalue weighted by atomic mass is 9.79. The highest BCUT2D eigenvalue weighted by molar-refractivity contribution is 7.91. The first-order valence-corrected chi connectivity index (χ1v) is 27.8. The zero-order chi connectivity index (χ0) is 47.6. The van der Waals surface area contributed by atoms with E-state index >= 15 is 0 Å². The van der Waals surface area contributed by atoms with E-state index in [0.29, 0.717) is 52.2 Å². The Morgan fingerprint density at radius 2 is 0.942 bits per heavy atom. The van der Waals surface area contributed by atoms with Crippen LogP contribution in [-0.2, 0) is 19.7 Å². The smallest absolute Gasteiger partial charge is 0.180 e. The maximum Gasteiger partial charge on any atom is 0.180 e. The molecule has 0 amide bonds. The molecule has 2 aromatic carbocycles. The highest BCUT2D eigenvalue weighted by Crippen LogP contribution is 2.51. The van der Waals surface area contributed by atoms with Crippen molar-refractivity contribution in [1.29, 1.82) is 0 Å². The summed E-state index contributed by atoms with van der Waals surface area (Å²) in [6.45, 7) is 0. The molecular formula is C53H56N10O4S2.